The zero-order valence-corrected chi connectivity index (χ0v) is 17.0. The normalized spacial score (nSPS) is 11.2. The van der Waals surface area contributed by atoms with Gasteiger partial charge in [-0.25, -0.2) is 13.4 Å². The number of carbonyl (C=O) groups excluding carboxylic acids is 1. The van der Waals surface area contributed by atoms with Gasteiger partial charge in [-0.15, -0.1) is 0 Å². The molecule has 1 amide bonds. The predicted octanol–water partition coefficient (Wildman–Crippen LogP) is 2.67. The average molecular weight is 413 g/mol. The Morgan fingerprint density at radius 3 is 2.45 bits per heavy atom. The molecule has 0 aliphatic carbocycles. The number of imidazole rings is 1. The van der Waals surface area contributed by atoms with Crippen LogP contribution in [0.5, 0.6) is 0 Å². The lowest BCUT2D eigenvalue weighted by atomic mass is 10.1. The van der Waals surface area contributed by atoms with Crippen LogP contribution < -0.4 is 9.62 Å². The highest BCUT2D eigenvalue weighted by Crippen LogP contribution is 2.20. The fourth-order valence-electron chi connectivity index (χ4n) is 2.91. The molecule has 0 saturated heterocycles. The minimum atomic E-state index is -3.43. The summed E-state index contributed by atoms with van der Waals surface area (Å²) in [6.07, 6.45) is 7.35. The number of hydrogen-bond donors (Lipinski definition) is 1. The van der Waals surface area contributed by atoms with Crippen LogP contribution >= 0.6 is 0 Å². The topological polar surface area (TPSA) is 84.3 Å². The summed E-state index contributed by atoms with van der Waals surface area (Å²) in [5.41, 5.74) is 1.95. The second-order valence-corrected chi connectivity index (χ2v) is 8.62. The van der Waals surface area contributed by atoms with Crippen molar-refractivity contribution in [2.75, 3.05) is 17.1 Å². The van der Waals surface area contributed by atoms with E-state index in [4.69, 9.17) is 0 Å². The number of rotatable bonds is 9. The van der Waals surface area contributed by atoms with E-state index in [1.165, 1.54) is 10.6 Å². The van der Waals surface area contributed by atoms with Gasteiger partial charge in [0.05, 0.1) is 24.8 Å². The highest BCUT2D eigenvalue weighted by Gasteiger charge is 2.17. The minimum Gasteiger partial charge on any atom is -0.352 e. The summed E-state index contributed by atoms with van der Waals surface area (Å²) < 4.78 is 27.7. The van der Waals surface area contributed by atoms with E-state index in [-0.39, 0.29) is 12.5 Å². The maximum Gasteiger partial charge on any atom is 0.251 e. The number of amides is 1. The van der Waals surface area contributed by atoms with Crippen LogP contribution in [0.3, 0.4) is 0 Å². The number of aromatic nitrogens is 2. The van der Waals surface area contributed by atoms with Crippen molar-refractivity contribution in [2.24, 2.45) is 0 Å². The van der Waals surface area contributed by atoms with E-state index in [1.807, 2.05) is 16.8 Å². The first-order valence-electron chi connectivity index (χ1n) is 9.29. The Bertz CT molecular complexity index is 1020. The summed E-state index contributed by atoms with van der Waals surface area (Å²) in [4.78, 5) is 16.3. The number of anilines is 1. The van der Waals surface area contributed by atoms with E-state index in [0.29, 0.717) is 17.8 Å². The van der Waals surface area contributed by atoms with E-state index in [0.717, 1.165) is 18.5 Å². The molecule has 0 spiro atoms. The summed E-state index contributed by atoms with van der Waals surface area (Å²) in [6, 6.07) is 15.9. The number of aryl methyl sites for hydroxylation is 1. The van der Waals surface area contributed by atoms with Gasteiger partial charge in [-0.1, -0.05) is 30.3 Å². The Labute approximate surface area is 171 Å². The van der Waals surface area contributed by atoms with Crippen LogP contribution in [0, 0.1) is 0 Å². The maximum absolute atomic E-state index is 12.3. The smallest absolute Gasteiger partial charge is 0.251 e. The molecule has 0 bridgehead atoms. The molecule has 8 heteroatoms. The van der Waals surface area contributed by atoms with Gasteiger partial charge in [-0.3, -0.25) is 9.10 Å². The van der Waals surface area contributed by atoms with Crippen molar-refractivity contribution in [1.82, 2.24) is 14.9 Å². The van der Waals surface area contributed by atoms with Crippen molar-refractivity contribution in [2.45, 2.75) is 19.5 Å². The SMILES string of the molecule is CS(=O)(=O)N(Cc1ccc(C(=O)NCCCn2ccnc2)cc1)c1ccccc1. The first-order valence-corrected chi connectivity index (χ1v) is 11.1. The molecular formula is C21H24N4O3S. The Balaban J connectivity index is 1.57. The summed E-state index contributed by atoms with van der Waals surface area (Å²) in [7, 11) is -3.43. The molecule has 29 heavy (non-hydrogen) atoms. The lowest BCUT2D eigenvalue weighted by Gasteiger charge is -2.22. The summed E-state index contributed by atoms with van der Waals surface area (Å²) in [6.45, 7) is 1.56. The van der Waals surface area contributed by atoms with Gasteiger partial charge < -0.3 is 9.88 Å². The Kier molecular flexibility index (Phi) is 6.66. The van der Waals surface area contributed by atoms with Crippen LogP contribution in [0.1, 0.15) is 22.3 Å². The van der Waals surface area contributed by atoms with E-state index < -0.39 is 10.0 Å². The Morgan fingerprint density at radius 1 is 1.10 bits per heavy atom. The van der Waals surface area contributed by atoms with Crippen LogP contribution in [0.4, 0.5) is 5.69 Å². The van der Waals surface area contributed by atoms with E-state index in [1.54, 1.807) is 61.1 Å². The third kappa shape index (κ3) is 5.92. The van der Waals surface area contributed by atoms with E-state index in [2.05, 4.69) is 10.3 Å². The molecule has 152 valence electrons. The number of sulfonamides is 1. The van der Waals surface area contributed by atoms with Gasteiger partial charge in [-0.2, -0.15) is 0 Å². The maximum atomic E-state index is 12.3. The number of hydrogen-bond acceptors (Lipinski definition) is 4. The van der Waals surface area contributed by atoms with Gasteiger partial charge in [0.15, 0.2) is 0 Å². The van der Waals surface area contributed by atoms with Gasteiger partial charge in [0.25, 0.3) is 5.91 Å². The molecule has 2 aromatic carbocycles. The number of nitrogens with zero attached hydrogens (tertiary/aromatic N) is 3. The lowest BCUT2D eigenvalue weighted by Crippen LogP contribution is -2.29. The summed E-state index contributed by atoms with van der Waals surface area (Å²) in [5.74, 6) is -0.148. The summed E-state index contributed by atoms with van der Waals surface area (Å²) >= 11 is 0. The number of carbonyl (C=O) groups is 1. The molecule has 0 aliphatic heterocycles. The van der Waals surface area contributed by atoms with Gasteiger partial charge >= 0.3 is 0 Å². The van der Waals surface area contributed by atoms with Crippen LogP contribution in [0.2, 0.25) is 0 Å². The molecule has 1 aromatic heterocycles. The van der Waals surface area contributed by atoms with Crippen LogP contribution in [0.15, 0.2) is 73.3 Å². The van der Waals surface area contributed by atoms with Crippen molar-refractivity contribution in [3.05, 3.63) is 84.4 Å². The zero-order chi connectivity index (χ0) is 20.7. The fourth-order valence-corrected chi connectivity index (χ4v) is 3.79. The molecule has 0 fully saturated rings. The second-order valence-electron chi connectivity index (χ2n) is 6.71. The average Bonchev–Trinajstić information content (AvgIpc) is 3.23. The minimum absolute atomic E-state index is 0.148. The highest BCUT2D eigenvalue weighted by molar-refractivity contribution is 7.92. The number of benzene rings is 2. The molecule has 0 unspecified atom stereocenters. The van der Waals surface area contributed by atoms with Gasteiger partial charge in [0.1, 0.15) is 0 Å². The molecule has 0 saturated carbocycles. The number of nitrogens with one attached hydrogen (secondary N) is 1. The predicted molar refractivity (Wildman–Crippen MR) is 113 cm³/mol. The van der Waals surface area contributed by atoms with Crippen molar-refractivity contribution < 1.29 is 13.2 Å². The highest BCUT2D eigenvalue weighted by atomic mass is 32.2. The van der Waals surface area contributed by atoms with Gasteiger partial charge in [0.2, 0.25) is 10.0 Å². The Morgan fingerprint density at radius 2 is 1.83 bits per heavy atom. The molecule has 3 rings (SSSR count). The van der Waals surface area contributed by atoms with Crippen molar-refractivity contribution in [3.8, 4) is 0 Å². The third-order valence-electron chi connectivity index (χ3n) is 4.42. The van der Waals surface area contributed by atoms with Crippen molar-refractivity contribution in [3.63, 3.8) is 0 Å². The second kappa shape index (κ2) is 9.38. The van der Waals surface area contributed by atoms with Crippen molar-refractivity contribution in [1.29, 1.82) is 0 Å². The molecule has 1 heterocycles. The first kappa shape index (κ1) is 20.6. The monoisotopic (exact) mass is 412 g/mol. The molecule has 0 radical (unpaired) electrons. The molecule has 0 atom stereocenters. The summed E-state index contributed by atoms with van der Waals surface area (Å²) in [5, 5.41) is 2.89. The molecule has 7 nitrogen and oxygen atoms in total. The van der Waals surface area contributed by atoms with Crippen LogP contribution in [-0.4, -0.2) is 36.7 Å². The molecular weight excluding hydrogens is 388 g/mol. The largest absolute Gasteiger partial charge is 0.352 e. The molecule has 3 aromatic rings. The lowest BCUT2D eigenvalue weighted by molar-refractivity contribution is 0.0952. The number of para-hydroxylation sites is 1. The van der Waals surface area contributed by atoms with E-state index in [9.17, 15) is 13.2 Å². The standard InChI is InChI=1S/C21H24N4O3S/c1-29(27,28)25(20-6-3-2-4-7-20)16-18-8-10-19(11-9-18)21(26)23-12-5-14-24-15-13-22-17-24/h2-4,6-11,13,15,17H,5,12,14,16H2,1H3,(H,23,26). The Hall–Kier alpha value is -3.13. The van der Waals surface area contributed by atoms with Gasteiger partial charge in [-0.05, 0) is 36.2 Å². The van der Waals surface area contributed by atoms with E-state index >= 15 is 0 Å². The van der Waals surface area contributed by atoms with Crippen LogP contribution in [-0.2, 0) is 23.1 Å². The molecule has 1 N–H and O–H groups in total. The van der Waals surface area contributed by atoms with Crippen LogP contribution in [0.25, 0.3) is 0 Å². The third-order valence-corrected chi connectivity index (χ3v) is 5.57. The van der Waals surface area contributed by atoms with Gasteiger partial charge in [0, 0.05) is 31.0 Å². The van der Waals surface area contributed by atoms with Crippen molar-refractivity contribution >= 4 is 21.6 Å². The quantitative estimate of drug-likeness (QED) is 0.548. The zero-order valence-electron chi connectivity index (χ0n) is 16.2. The fraction of sp³-hybridized carbons (Fsp3) is 0.238. The molecule has 0 aliphatic rings. The first-order chi connectivity index (χ1) is 13.9.